The third-order valence-electron chi connectivity index (χ3n) is 4.07. The van der Waals surface area contributed by atoms with Crippen molar-refractivity contribution in [3.63, 3.8) is 0 Å². The summed E-state index contributed by atoms with van der Waals surface area (Å²) in [6, 6.07) is 5.46. The number of halogens is 2. The first kappa shape index (κ1) is 15.0. The fourth-order valence-corrected chi connectivity index (χ4v) is 3.85. The Morgan fingerprint density at radius 3 is 3.00 bits per heavy atom. The molecule has 2 unspecified atom stereocenters. The molecule has 1 heterocycles. The van der Waals surface area contributed by atoms with Gasteiger partial charge in [0.2, 0.25) is 0 Å². The van der Waals surface area contributed by atoms with Gasteiger partial charge in [0.15, 0.2) is 5.82 Å². The van der Waals surface area contributed by atoms with E-state index in [-0.39, 0.29) is 0 Å². The van der Waals surface area contributed by atoms with Crippen LogP contribution in [0.1, 0.15) is 38.4 Å². The predicted octanol–water partition coefficient (Wildman–Crippen LogP) is 4.52. The summed E-state index contributed by atoms with van der Waals surface area (Å²) in [5, 5.41) is 4.78. The maximum absolute atomic E-state index is 6.51. The van der Waals surface area contributed by atoms with Crippen LogP contribution in [-0.2, 0) is 5.54 Å². The Kier molecular flexibility index (Phi) is 4.08. The highest BCUT2D eigenvalue weighted by Crippen LogP contribution is 2.38. The second kappa shape index (κ2) is 5.71. The van der Waals surface area contributed by atoms with E-state index in [0.29, 0.717) is 22.7 Å². The number of nitrogens with two attached hydrogens (primary N) is 1. The minimum atomic E-state index is -0.474. The maximum Gasteiger partial charge on any atom is 0.259 e. The molecule has 1 aliphatic rings. The lowest BCUT2D eigenvalue weighted by Crippen LogP contribution is -2.42. The van der Waals surface area contributed by atoms with Crippen molar-refractivity contribution in [2.24, 2.45) is 11.7 Å². The van der Waals surface area contributed by atoms with Crippen molar-refractivity contribution in [2.45, 2.75) is 38.1 Å². The van der Waals surface area contributed by atoms with Crippen LogP contribution in [0.5, 0.6) is 0 Å². The van der Waals surface area contributed by atoms with Gasteiger partial charge in [0.05, 0.1) is 11.1 Å². The van der Waals surface area contributed by atoms with Crippen LogP contribution in [0.25, 0.3) is 11.5 Å². The largest absolute Gasteiger partial charge is 0.334 e. The van der Waals surface area contributed by atoms with Crippen molar-refractivity contribution in [1.29, 1.82) is 0 Å². The van der Waals surface area contributed by atoms with E-state index < -0.39 is 5.54 Å². The van der Waals surface area contributed by atoms with Crippen LogP contribution in [0, 0.1) is 5.92 Å². The highest BCUT2D eigenvalue weighted by molar-refractivity contribution is 9.10. The lowest BCUT2D eigenvalue weighted by molar-refractivity contribution is 0.222. The monoisotopic (exact) mass is 369 g/mol. The molecular weight excluding hydrogens is 354 g/mol. The van der Waals surface area contributed by atoms with Gasteiger partial charge in [-0.2, -0.15) is 4.98 Å². The molecule has 0 amide bonds. The van der Waals surface area contributed by atoms with Gasteiger partial charge in [-0.05, 0) is 52.9 Å². The zero-order valence-electron chi connectivity index (χ0n) is 11.8. The van der Waals surface area contributed by atoms with Crippen LogP contribution < -0.4 is 5.73 Å². The summed E-state index contributed by atoms with van der Waals surface area (Å²) >= 11 is 9.42. The van der Waals surface area contributed by atoms with Crippen LogP contribution in [0.2, 0.25) is 5.02 Å². The summed E-state index contributed by atoms with van der Waals surface area (Å²) in [4.78, 5) is 4.53. The molecule has 1 saturated carbocycles. The molecule has 2 aromatic rings. The van der Waals surface area contributed by atoms with Gasteiger partial charge < -0.3 is 10.3 Å². The molecule has 21 heavy (non-hydrogen) atoms. The van der Waals surface area contributed by atoms with Crippen LogP contribution in [0.3, 0.4) is 0 Å². The minimum absolute atomic E-state index is 0.469. The number of nitrogens with zero attached hydrogens (tertiary/aromatic N) is 2. The van der Waals surface area contributed by atoms with Gasteiger partial charge in [0.1, 0.15) is 0 Å². The number of hydrogen-bond donors (Lipinski definition) is 1. The van der Waals surface area contributed by atoms with E-state index in [0.717, 1.165) is 29.3 Å². The van der Waals surface area contributed by atoms with E-state index in [1.54, 1.807) is 6.07 Å². The van der Waals surface area contributed by atoms with Crippen molar-refractivity contribution in [2.75, 3.05) is 0 Å². The molecular formula is C15H17BrClN3O. The van der Waals surface area contributed by atoms with E-state index in [9.17, 15) is 0 Å². The Morgan fingerprint density at radius 1 is 1.48 bits per heavy atom. The molecule has 1 aromatic carbocycles. The molecule has 0 bridgehead atoms. The standard InChI is InChI=1S/C15H17BrClN3O/c1-9-3-2-6-15(18,8-9)14-19-13(21-20-14)11-5-4-10(17)7-12(11)16/h4-5,7,9H,2-3,6,8,18H2,1H3. The quantitative estimate of drug-likeness (QED) is 0.844. The summed E-state index contributed by atoms with van der Waals surface area (Å²) < 4.78 is 6.24. The zero-order chi connectivity index (χ0) is 15.0. The summed E-state index contributed by atoms with van der Waals surface area (Å²) in [5.74, 6) is 1.66. The van der Waals surface area contributed by atoms with E-state index >= 15 is 0 Å². The first-order valence-electron chi connectivity index (χ1n) is 7.06. The summed E-state index contributed by atoms with van der Waals surface area (Å²) in [5.41, 5.74) is 6.86. The van der Waals surface area contributed by atoms with E-state index in [1.165, 1.54) is 6.42 Å². The van der Waals surface area contributed by atoms with Gasteiger partial charge >= 0.3 is 0 Å². The van der Waals surface area contributed by atoms with Crippen molar-refractivity contribution in [3.8, 4) is 11.5 Å². The van der Waals surface area contributed by atoms with Crippen molar-refractivity contribution in [3.05, 3.63) is 33.5 Å². The average molecular weight is 371 g/mol. The molecule has 112 valence electrons. The van der Waals surface area contributed by atoms with Gasteiger partial charge in [-0.1, -0.05) is 36.5 Å². The fourth-order valence-electron chi connectivity index (χ4n) is 2.99. The number of hydrogen-bond acceptors (Lipinski definition) is 4. The Labute approximate surface area is 137 Å². The van der Waals surface area contributed by atoms with Crippen molar-refractivity contribution >= 4 is 27.5 Å². The van der Waals surface area contributed by atoms with Crippen LogP contribution in [-0.4, -0.2) is 10.1 Å². The molecule has 3 rings (SSSR count). The Morgan fingerprint density at radius 2 is 2.29 bits per heavy atom. The molecule has 1 aliphatic carbocycles. The third-order valence-corrected chi connectivity index (χ3v) is 4.96. The molecule has 0 radical (unpaired) electrons. The van der Waals surface area contributed by atoms with Crippen LogP contribution in [0.15, 0.2) is 27.2 Å². The Hall–Kier alpha value is -0.910. The molecule has 2 atom stereocenters. The number of rotatable bonds is 2. The first-order chi connectivity index (χ1) is 9.98. The molecule has 0 saturated heterocycles. The molecule has 4 nitrogen and oxygen atoms in total. The minimum Gasteiger partial charge on any atom is -0.334 e. The van der Waals surface area contributed by atoms with Gasteiger partial charge in [-0.25, -0.2) is 0 Å². The topological polar surface area (TPSA) is 64.9 Å². The molecule has 1 fully saturated rings. The van der Waals surface area contributed by atoms with Crippen molar-refractivity contribution in [1.82, 2.24) is 10.1 Å². The predicted molar refractivity (Wildman–Crippen MR) is 85.9 cm³/mol. The molecule has 2 N–H and O–H groups in total. The highest BCUT2D eigenvalue weighted by Gasteiger charge is 2.37. The maximum atomic E-state index is 6.51. The van der Waals surface area contributed by atoms with Gasteiger partial charge in [0.25, 0.3) is 5.89 Å². The molecule has 0 spiro atoms. The van der Waals surface area contributed by atoms with Crippen LogP contribution in [0.4, 0.5) is 0 Å². The smallest absolute Gasteiger partial charge is 0.259 e. The zero-order valence-corrected chi connectivity index (χ0v) is 14.1. The molecule has 6 heteroatoms. The van der Waals surface area contributed by atoms with E-state index in [4.69, 9.17) is 21.9 Å². The lowest BCUT2D eigenvalue weighted by Gasteiger charge is -2.33. The summed E-state index contributed by atoms with van der Waals surface area (Å²) in [7, 11) is 0. The number of aromatic nitrogens is 2. The fraction of sp³-hybridized carbons (Fsp3) is 0.467. The Balaban J connectivity index is 1.92. The second-order valence-corrected chi connectivity index (χ2v) is 7.20. The van der Waals surface area contributed by atoms with Crippen molar-refractivity contribution < 1.29 is 4.52 Å². The van der Waals surface area contributed by atoms with Gasteiger partial charge in [-0.3, -0.25) is 0 Å². The SMILES string of the molecule is CC1CCCC(N)(c2noc(-c3ccc(Cl)cc3Br)n2)C1. The Bertz CT molecular complexity index is 660. The van der Waals surface area contributed by atoms with Gasteiger partial charge in [0, 0.05) is 9.50 Å². The van der Waals surface area contributed by atoms with E-state index in [1.807, 2.05) is 12.1 Å². The highest BCUT2D eigenvalue weighted by atomic mass is 79.9. The summed E-state index contributed by atoms with van der Waals surface area (Å²) in [6.45, 7) is 2.22. The molecule has 1 aromatic heterocycles. The normalized spacial score (nSPS) is 26.0. The van der Waals surface area contributed by atoms with Crippen LogP contribution >= 0.6 is 27.5 Å². The molecule has 0 aliphatic heterocycles. The average Bonchev–Trinajstić information content (AvgIpc) is 2.88. The van der Waals surface area contributed by atoms with E-state index in [2.05, 4.69) is 33.0 Å². The second-order valence-electron chi connectivity index (χ2n) is 5.90. The third kappa shape index (κ3) is 3.00. The number of benzene rings is 1. The lowest BCUT2D eigenvalue weighted by atomic mass is 9.76. The first-order valence-corrected chi connectivity index (χ1v) is 8.23. The summed E-state index contributed by atoms with van der Waals surface area (Å²) in [6.07, 6.45) is 4.12. The van der Waals surface area contributed by atoms with Gasteiger partial charge in [-0.15, -0.1) is 0 Å².